The number of nitrogens with zero attached hydrogens (tertiary/aromatic N) is 3. The second-order valence-corrected chi connectivity index (χ2v) is 11.7. The average molecular weight is 648 g/mol. The van der Waals surface area contributed by atoms with Crippen LogP contribution in [0.4, 0.5) is 17.6 Å². The molecule has 6 rings (SSSR count). The molecule has 1 aliphatic carbocycles. The highest BCUT2D eigenvalue weighted by atomic mass is 35.5. The normalized spacial score (nSPS) is 19.1. The Morgan fingerprint density at radius 2 is 2.00 bits per heavy atom. The topological polar surface area (TPSA) is 142 Å². The number of alkyl halides is 3. The number of aliphatic hydroxyl groups is 1. The molecule has 15 heteroatoms. The first-order valence-corrected chi connectivity index (χ1v) is 14.1. The van der Waals surface area contributed by atoms with Gasteiger partial charge in [0, 0.05) is 28.3 Å². The van der Waals surface area contributed by atoms with Gasteiger partial charge in [0.15, 0.2) is 5.82 Å². The fraction of sp³-hybridized carbons (Fsp3) is 0.333. The number of nitrogens with one attached hydrogen (secondary N) is 1. The lowest BCUT2D eigenvalue weighted by molar-refractivity contribution is -0.265. The van der Waals surface area contributed by atoms with Crippen LogP contribution in [0.2, 0.25) is 5.02 Å². The number of rotatable bonds is 8. The zero-order valence-corrected chi connectivity index (χ0v) is 24.6. The molecule has 2 amide bonds. The highest BCUT2D eigenvalue weighted by molar-refractivity contribution is 6.31. The van der Waals surface area contributed by atoms with Crippen molar-refractivity contribution in [2.75, 3.05) is 20.3 Å². The number of hydrogen-bond donors (Lipinski definition) is 3. The molecule has 3 heterocycles. The van der Waals surface area contributed by atoms with E-state index in [4.69, 9.17) is 26.8 Å². The summed E-state index contributed by atoms with van der Waals surface area (Å²) < 4.78 is 72.1. The maximum absolute atomic E-state index is 15.2. The minimum atomic E-state index is -5.42. The largest absolute Gasteiger partial charge is 0.494 e. The van der Waals surface area contributed by atoms with Gasteiger partial charge in [-0.05, 0) is 50.1 Å². The number of amides is 2. The second-order valence-electron chi connectivity index (χ2n) is 11.3. The molecule has 2 atom stereocenters. The lowest BCUT2D eigenvalue weighted by Gasteiger charge is -2.31. The van der Waals surface area contributed by atoms with E-state index in [0.717, 1.165) is 18.9 Å². The Morgan fingerprint density at radius 3 is 2.64 bits per heavy atom. The van der Waals surface area contributed by atoms with Gasteiger partial charge in [0.1, 0.15) is 34.7 Å². The molecule has 1 saturated carbocycles. The van der Waals surface area contributed by atoms with Crippen LogP contribution in [0.1, 0.15) is 47.4 Å². The Labute approximate surface area is 258 Å². The first-order chi connectivity index (χ1) is 21.2. The summed E-state index contributed by atoms with van der Waals surface area (Å²) in [7, 11) is 1.37. The number of carbonyl (C=O) groups excluding carboxylic acids is 2. The predicted octanol–water partition coefficient (Wildman–Crippen LogP) is 4.55. The summed E-state index contributed by atoms with van der Waals surface area (Å²) in [5.74, 6) is -2.86. The van der Waals surface area contributed by atoms with Gasteiger partial charge in [0.25, 0.3) is 5.91 Å². The van der Waals surface area contributed by atoms with Crippen LogP contribution >= 0.6 is 11.6 Å². The first-order valence-electron chi connectivity index (χ1n) is 13.7. The minimum Gasteiger partial charge on any atom is -0.494 e. The van der Waals surface area contributed by atoms with Gasteiger partial charge in [0.05, 0.1) is 30.4 Å². The average Bonchev–Trinajstić information content (AvgIpc) is 3.66. The number of halogens is 5. The Bertz CT molecular complexity index is 1880. The second kappa shape index (κ2) is 10.6. The van der Waals surface area contributed by atoms with Crippen LogP contribution in [-0.4, -0.2) is 58.1 Å². The number of methoxy groups -OCH3 is 1. The van der Waals surface area contributed by atoms with Gasteiger partial charge in [-0.2, -0.15) is 18.3 Å². The van der Waals surface area contributed by atoms with Crippen LogP contribution in [0.3, 0.4) is 0 Å². The molecule has 0 spiro atoms. The SMILES string of the molecule is COc1cc(C(=O)NC[C@@](O)(c2cc3c(c(-c4cccc(Cl)c4F)n2)OC[C@]3(C)C(N)=O)C(F)(F)F)cc2cn(C3CC3)nc12. The van der Waals surface area contributed by atoms with E-state index in [9.17, 15) is 27.9 Å². The molecule has 4 aromatic rings. The number of carbonyl (C=O) groups is 2. The molecule has 1 aliphatic heterocycles. The molecular weight excluding hydrogens is 622 g/mol. The van der Waals surface area contributed by atoms with Crippen molar-refractivity contribution in [2.24, 2.45) is 5.73 Å². The van der Waals surface area contributed by atoms with E-state index in [1.165, 1.54) is 44.4 Å². The molecule has 2 aromatic heterocycles. The van der Waals surface area contributed by atoms with Gasteiger partial charge in [-0.1, -0.05) is 17.7 Å². The monoisotopic (exact) mass is 647 g/mol. The summed E-state index contributed by atoms with van der Waals surface area (Å²) in [5, 5.41) is 18.1. The number of benzene rings is 2. The number of primary amides is 1. The van der Waals surface area contributed by atoms with Crippen molar-refractivity contribution in [3.05, 3.63) is 70.3 Å². The van der Waals surface area contributed by atoms with E-state index >= 15 is 4.39 Å². The standard InChI is InChI=1S/C30H26ClF4N5O5/c1-28(27(36)42)13-45-25-18(28)10-21(38-24(25)17-4-3-5-19(31)22(17)32)29(43,30(33,34)35)12-37-26(41)14-8-15-11-40(16-6-7-16)39-23(15)20(9-14)44-2/h3-5,8-11,16,43H,6-7,12-13H2,1-2H3,(H2,36,42)(H,37,41)/t28-,29+/m0/s1. The number of fused-ring (bicyclic) bond motifs is 2. The van der Waals surface area contributed by atoms with Crippen molar-refractivity contribution in [3.63, 3.8) is 0 Å². The molecule has 0 unspecified atom stereocenters. The van der Waals surface area contributed by atoms with E-state index in [0.29, 0.717) is 10.9 Å². The Kier molecular flexibility index (Phi) is 7.20. The van der Waals surface area contributed by atoms with Gasteiger partial charge < -0.3 is 25.6 Å². The zero-order chi connectivity index (χ0) is 32.5. The van der Waals surface area contributed by atoms with Gasteiger partial charge in [-0.3, -0.25) is 14.3 Å². The molecule has 0 bridgehead atoms. The Morgan fingerprint density at radius 1 is 1.27 bits per heavy atom. The number of hydrogen-bond acceptors (Lipinski definition) is 7. The summed E-state index contributed by atoms with van der Waals surface area (Å²) in [6, 6.07) is 7.63. The molecule has 2 aromatic carbocycles. The maximum atomic E-state index is 15.2. The third-order valence-electron chi connectivity index (χ3n) is 8.22. The fourth-order valence-electron chi connectivity index (χ4n) is 5.25. The van der Waals surface area contributed by atoms with Gasteiger partial charge >= 0.3 is 6.18 Å². The molecule has 10 nitrogen and oxygen atoms in total. The lowest BCUT2D eigenvalue weighted by Crippen LogP contribution is -2.51. The summed E-state index contributed by atoms with van der Waals surface area (Å²) in [4.78, 5) is 29.7. The van der Waals surface area contributed by atoms with E-state index in [2.05, 4.69) is 15.4 Å². The van der Waals surface area contributed by atoms with Gasteiger partial charge in [-0.25, -0.2) is 9.37 Å². The summed E-state index contributed by atoms with van der Waals surface area (Å²) >= 11 is 5.94. The highest BCUT2D eigenvalue weighted by Gasteiger charge is 2.58. The molecule has 1 fully saturated rings. The van der Waals surface area contributed by atoms with Crippen LogP contribution in [0.5, 0.6) is 11.5 Å². The van der Waals surface area contributed by atoms with E-state index in [1.807, 2.05) is 0 Å². The quantitative estimate of drug-likeness (QED) is 0.238. The molecule has 4 N–H and O–H groups in total. The van der Waals surface area contributed by atoms with Crippen molar-refractivity contribution in [1.82, 2.24) is 20.1 Å². The number of ether oxygens (including phenoxy) is 2. The number of aromatic nitrogens is 3. The third kappa shape index (κ3) is 5.01. The molecule has 0 radical (unpaired) electrons. The summed E-state index contributed by atoms with van der Waals surface area (Å²) in [5.41, 5.74) is -1.39. The summed E-state index contributed by atoms with van der Waals surface area (Å²) in [6.07, 6.45) is -1.79. The van der Waals surface area contributed by atoms with Crippen LogP contribution in [0.15, 0.2) is 42.6 Å². The van der Waals surface area contributed by atoms with Crippen LogP contribution < -0.4 is 20.5 Å². The predicted molar refractivity (Wildman–Crippen MR) is 154 cm³/mol. The van der Waals surface area contributed by atoms with Crippen molar-refractivity contribution in [1.29, 1.82) is 0 Å². The fourth-order valence-corrected chi connectivity index (χ4v) is 5.42. The van der Waals surface area contributed by atoms with Gasteiger partial charge in [0.2, 0.25) is 11.5 Å². The van der Waals surface area contributed by atoms with E-state index < -0.39 is 52.8 Å². The van der Waals surface area contributed by atoms with Crippen molar-refractivity contribution >= 4 is 34.3 Å². The Balaban J connectivity index is 1.42. The lowest BCUT2D eigenvalue weighted by atomic mass is 9.81. The van der Waals surface area contributed by atoms with Crippen LogP contribution in [-0.2, 0) is 15.8 Å². The highest BCUT2D eigenvalue weighted by Crippen LogP contribution is 2.48. The first kappa shape index (κ1) is 30.6. The van der Waals surface area contributed by atoms with Gasteiger partial charge in [-0.15, -0.1) is 0 Å². The van der Waals surface area contributed by atoms with E-state index in [-0.39, 0.29) is 45.9 Å². The van der Waals surface area contributed by atoms with Crippen molar-refractivity contribution < 1.29 is 41.7 Å². The van der Waals surface area contributed by atoms with Crippen molar-refractivity contribution in [2.45, 2.75) is 43.0 Å². The molecule has 2 aliphatic rings. The zero-order valence-electron chi connectivity index (χ0n) is 23.8. The van der Waals surface area contributed by atoms with Crippen LogP contribution in [0, 0.1) is 5.82 Å². The molecule has 45 heavy (non-hydrogen) atoms. The minimum absolute atomic E-state index is 0.0440. The van der Waals surface area contributed by atoms with Crippen LogP contribution in [0.25, 0.3) is 22.2 Å². The maximum Gasteiger partial charge on any atom is 0.424 e. The van der Waals surface area contributed by atoms with E-state index in [1.54, 1.807) is 10.9 Å². The molecular formula is C30H26ClF4N5O5. The Hall–Kier alpha value is -4.43. The third-order valence-corrected chi connectivity index (χ3v) is 8.51. The van der Waals surface area contributed by atoms with Crippen molar-refractivity contribution in [3.8, 4) is 22.8 Å². The molecule has 236 valence electrons. The summed E-state index contributed by atoms with van der Waals surface area (Å²) in [6.45, 7) is -0.429. The molecule has 0 saturated heterocycles. The number of nitrogens with two attached hydrogens (primary N) is 1. The number of pyridine rings is 1. The smallest absolute Gasteiger partial charge is 0.424 e.